The number of nitrogens with one attached hydrogen (secondary N) is 2. The lowest BCUT2D eigenvalue weighted by atomic mass is 9.71. The van der Waals surface area contributed by atoms with Crippen LogP contribution in [0, 0.1) is 11.8 Å². The van der Waals surface area contributed by atoms with E-state index in [1.54, 1.807) is 0 Å². The van der Waals surface area contributed by atoms with E-state index in [1.807, 2.05) is 18.2 Å². The first kappa shape index (κ1) is 23.5. The summed E-state index contributed by atoms with van der Waals surface area (Å²) in [7, 11) is -1.14. The van der Waals surface area contributed by atoms with Gasteiger partial charge in [-0.1, -0.05) is 18.2 Å². The molecule has 1 fully saturated rings. The second-order valence-corrected chi connectivity index (χ2v) is 8.29. The molecular weight excluding hydrogens is 401 g/mol. The molecule has 0 bridgehead atoms. The van der Waals surface area contributed by atoms with Crippen LogP contribution >= 0.6 is 0 Å². The van der Waals surface area contributed by atoms with E-state index in [-0.39, 0.29) is 19.3 Å². The van der Waals surface area contributed by atoms with Gasteiger partial charge in [0.1, 0.15) is 5.75 Å². The predicted molar refractivity (Wildman–Crippen MR) is 115 cm³/mol. The Morgan fingerprint density at radius 2 is 2.13 bits per heavy atom. The number of benzene rings is 1. The zero-order valence-electron chi connectivity index (χ0n) is 18.0. The highest BCUT2D eigenvalue weighted by Crippen LogP contribution is 2.36. The fourth-order valence-electron chi connectivity index (χ4n) is 4.15. The number of ether oxygens (including phenoxy) is 2. The third-order valence-electron chi connectivity index (χ3n) is 5.71. The summed E-state index contributed by atoms with van der Waals surface area (Å²) in [6.07, 6.45) is 3.01. The number of esters is 1. The first-order valence-corrected chi connectivity index (χ1v) is 10.8. The Bertz CT molecular complexity index is 759. The van der Waals surface area contributed by atoms with Crippen LogP contribution in [0.5, 0.6) is 5.75 Å². The first-order valence-electron chi connectivity index (χ1n) is 10.8. The monoisotopic (exact) mass is 433 g/mol. The molecule has 10 heteroatoms. The van der Waals surface area contributed by atoms with Crippen LogP contribution in [-0.2, 0) is 32.1 Å². The number of hydrogen-bond donors (Lipinski definition) is 4. The number of para-hydroxylation sites is 1. The summed E-state index contributed by atoms with van der Waals surface area (Å²) in [4.78, 5) is 23.3. The normalized spacial score (nSPS) is 22.2. The largest absolute Gasteiger partial charge is 0.547 e. The van der Waals surface area contributed by atoms with Gasteiger partial charge in [-0.15, -0.1) is 0 Å². The minimum atomic E-state index is -1.14. The smallest absolute Gasteiger partial charge is 0.534 e. The number of nitrogens with two attached hydrogens (primary N) is 1. The van der Waals surface area contributed by atoms with Crippen molar-refractivity contribution in [1.82, 2.24) is 10.6 Å². The van der Waals surface area contributed by atoms with Gasteiger partial charge in [-0.25, -0.2) is 0 Å². The third kappa shape index (κ3) is 6.93. The van der Waals surface area contributed by atoms with E-state index in [2.05, 4.69) is 10.6 Å². The maximum atomic E-state index is 12.5. The molecule has 1 aliphatic heterocycles. The zero-order chi connectivity index (χ0) is 22.2. The molecule has 3 rings (SSSR count). The van der Waals surface area contributed by atoms with Gasteiger partial charge in [0, 0.05) is 32.0 Å². The molecule has 1 aromatic carbocycles. The van der Waals surface area contributed by atoms with Crippen molar-refractivity contribution in [1.29, 1.82) is 0 Å². The molecule has 2 aliphatic rings. The fraction of sp³-hybridized carbons (Fsp3) is 0.619. The SMILES string of the molecule is CC(=O)OCOCc1cccc2c1OB(O)[C@@H](NC(=O)CC1CC(CNCCN)C1)C2. The molecule has 0 spiro atoms. The van der Waals surface area contributed by atoms with Crippen molar-refractivity contribution in [2.45, 2.75) is 45.2 Å². The molecule has 1 atom stereocenters. The summed E-state index contributed by atoms with van der Waals surface area (Å²) >= 11 is 0. The van der Waals surface area contributed by atoms with Crippen molar-refractivity contribution >= 4 is 19.0 Å². The van der Waals surface area contributed by atoms with E-state index in [4.69, 9.17) is 19.9 Å². The highest BCUT2D eigenvalue weighted by Gasteiger charge is 2.38. The number of rotatable bonds is 11. The summed E-state index contributed by atoms with van der Waals surface area (Å²) < 4.78 is 15.8. The van der Waals surface area contributed by atoms with Gasteiger partial charge in [0.2, 0.25) is 5.91 Å². The lowest BCUT2D eigenvalue weighted by Crippen LogP contribution is -2.53. The fourth-order valence-corrected chi connectivity index (χ4v) is 4.15. The van der Waals surface area contributed by atoms with E-state index in [0.717, 1.165) is 37.1 Å². The molecule has 1 aliphatic carbocycles. The molecule has 0 unspecified atom stereocenters. The maximum absolute atomic E-state index is 12.5. The van der Waals surface area contributed by atoms with Crippen LogP contribution in [0.25, 0.3) is 0 Å². The summed E-state index contributed by atoms with van der Waals surface area (Å²) in [5.41, 5.74) is 7.11. The summed E-state index contributed by atoms with van der Waals surface area (Å²) in [6, 6.07) is 5.60. The van der Waals surface area contributed by atoms with E-state index in [1.165, 1.54) is 6.92 Å². The number of carbonyl (C=O) groups excluding carboxylic acids is 2. The third-order valence-corrected chi connectivity index (χ3v) is 5.71. The van der Waals surface area contributed by atoms with Crippen molar-refractivity contribution in [3.05, 3.63) is 29.3 Å². The van der Waals surface area contributed by atoms with E-state index in [0.29, 0.717) is 37.0 Å². The summed E-state index contributed by atoms with van der Waals surface area (Å²) in [5, 5.41) is 16.7. The van der Waals surface area contributed by atoms with Crippen molar-refractivity contribution < 1.29 is 28.7 Å². The van der Waals surface area contributed by atoms with Gasteiger partial charge in [-0.05, 0) is 43.2 Å². The Morgan fingerprint density at radius 3 is 2.87 bits per heavy atom. The number of fused-ring (bicyclic) bond motifs is 1. The van der Waals surface area contributed by atoms with Gasteiger partial charge in [0.25, 0.3) is 0 Å². The Morgan fingerprint density at radius 1 is 1.32 bits per heavy atom. The number of amides is 1. The quantitative estimate of drug-likeness (QED) is 0.168. The van der Waals surface area contributed by atoms with Gasteiger partial charge in [-0.2, -0.15) is 0 Å². The van der Waals surface area contributed by atoms with E-state index in [9.17, 15) is 14.6 Å². The van der Waals surface area contributed by atoms with Crippen LogP contribution in [-0.4, -0.2) is 56.4 Å². The zero-order valence-corrected chi connectivity index (χ0v) is 18.0. The molecule has 1 heterocycles. The average molecular weight is 433 g/mol. The molecule has 31 heavy (non-hydrogen) atoms. The second-order valence-electron chi connectivity index (χ2n) is 8.29. The van der Waals surface area contributed by atoms with Gasteiger partial charge < -0.3 is 35.5 Å². The van der Waals surface area contributed by atoms with Crippen LogP contribution in [0.3, 0.4) is 0 Å². The van der Waals surface area contributed by atoms with Gasteiger partial charge >= 0.3 is 13.1 Å². The van der Waals surface area contributed by atoms with Crippen molar-refractivity contribution in [2.24, 2.45) is 17.6 Å². The molecule has 1 saturated carbocycles. The first-order chi connectivity index (χ1) is 15.0. The van der Waals surface area contributed by atoms with Crippen LogP contribution in [0.15, 0.2) is 18.2 Å². The summed E-state index contributed by atoms with van der Waals surface area (Å²) in [6.45, 7) is 3.76. The van der Waals surface area contributed by atoms with Crippen LogP contribution in [0.1, 0.15) is 37.3 Å². The Kier molecular flexibility index (Phi) is 8.71. The van der Waals surface area contributed by atoms with Crippen LogP contribution in [0.2, 0.25) is 0 Å². The van der Waals surface area contributed by atoms with Gasteiger partial charge in [0.15, 0.2) is 6.79 Å². The van der Waals surface area contributed by atoms with Crippen molar-refractivity contribution in [3.63, 3.8) is 0 Å². The predicted octanol–water partition coefficient (Wildman–Crippen LogP) is 0.128. The molecule has 0 aromatic heterocycles. The van der Waals surface area contributed by atoms with Crippen molar-refractivity contribution in [2.75, 3.05) is 26.4 Å². The molecule has 1 aromatic rings. The van der Waals surface area contributed by atoms with Gasteiger partial charge in [-0.3, -0.25) is 9.59 Å². The Labute approximate surface area is 183 Å². The number of carbonyl (C=O) groups is 2. The highest BCUT2D eigenvalue weighted by molar-refractivity contribution is 6.46. The minimum absolute atomic E-state index is 0.0599. The van der Waals surface area contributed by atoms with Gasteiger partial charge in [0.05, 0.1) is 12.5 Å². The minimum Gasteiger partial charge on any atom is -0.534 e. The topological polar surface area (TPSA) is 132 Å². The Hall–Kier alpha value is -2.14. The molecule has 0 saturated heterocycles. The molecule has 5 N–H and O–H groups in total. The van der Waals surface area contributed by atoms with E-state index < -0.39 is 19.0 Å². The molecule has 0 radical (unpaired) electrons. The van der Waals surface area contributed by atoms with Crippen LogP contribution in [0.4, 0.5) is 0 Å². The van der Waals surface area contributed by atoms with E-state index >= 15 is 0 Å². The summed E-state index contributed by atoms with van der Waals surface area (Å²) in [5.74, 6) is 0.576. The molecule has 9 nitrogen and oxygen atoms in total. The second kappa shape index (κ2) is 11.5. The standard InChI is InChI=1S/C21H32BN3O6/c1-14(26)30-13-29-12-18-4-2-3-17-10-19(22(28)31-21(17)18)25-20(27)9-15-7-16(8-15)11-24-6-5-23/h2-4,15-16,19,24,28H,5-13,23H2,1H3,(H,25,27)/t15?,16?,19-/m0/s1. The van der Waals surface area contributed by atoms with Crippen LogP contribution < -0.4 is 21.0 Å². The van der Waals surface area contributed by atoms with Crippen molar-refractivity contribution in [3.8, 4) is 5.75 Å². The average Bonchev–Trinajstić information content (AvgIpc) is 2.70. The lowest BCUT2D eigenvalue weighted by molar-refractivity contribution is -0.154. The lowest BCUT2D eigenvalue weighted by Gasteiger charge is -2.36. The molecule has 1 amide bonds. The molecular formula is C21H32BN3O6. The Balaban J connectivity index is 1.45. The highest BCUT2D eigenvalue weighted by atomic mass is 16.7. The molecule has 170 valence electrons. The maximum Gasteiger partial charge on any atom is 0.547 e. The number of hydrogen-bond acceptors (Lipinski definition) is 8.